The second-order valence-electron chi connectivity index (χ2n) is 5.01. The van der Waals surface area contributed by atoms with Crippen LogP contribution >= 0.6 is 11.6 Å². The summed E-state index contributed by atoms with van der Waals surface area (Å²) in [6.07, 6.45) is 1.81. The van der Waals surface area contributed by atoms with Crippen molar-refractivity contribution < 1.29 is 0 Å². The van der Waals surface area contributed by atoms with Gasteiger partial charge in [-0.3, -0.25) is 0 Å². The molecule has 16 heavy (non-hydrogen) atoms. The van der Waals surface area contributed by atoms with Crippen LogP contribution in [-0.4, -0.2) is 5.54 Å². The fraction of sp³-hybridized carbons (Fsp3) is 0.571. The highest BCUT2D eigenvalue weighted by atomic mass is 35.5. The van der Waals surface area contributed by atoms with E-state index in [2.05, 4.69) is 32.9 Å². The third kappa shape index (κ3) is 2.99. The fourth-order valence-corrected chi connectivity index (χ4v) is 2.19. The Bertz CT molecular complexity index is 360. The standard InChI is InChI=1S/C14H22ClN/c1-5-14(16,10(2)3)9-12-7-6-11(4)8-13(12)15/h6-8,10H,5,9,16H2,1-4H3. The van der Waals surface area contributed by atoms with Gasteiger partial charge in [0.1, 0.15) is 0 Å². The van der Waals surface area contributed by atoms with Gasteiger partial charge in [-0.25, -0.2) is 0 Å². The van der Waals surface area contributed by atoms with Crippen LogP contribution in [-0.2, 0) is 6.42 Å². The first-order valence-corrected chi connectivity index (χ1v) is 6.30. The summed E-state index contributed by atoms with van der Waals surface area (Å²) in [6.45, 7) is 8.53. The molecule has 0 aromatic heterocycles. The summed E-state index contributed by atoms with van der Waals surface area (Å²) in [5.41, 5.74) is 8.62. The second-order valence-corrected chi connectivity index (χ2v) is 5.42. The SMILES string of the molecule is CCC(N)(Cc1ccc(C)cc1Cl)C(C)C. The molecule has 0 radical (unpaired) electrons. The molecule has 0 amide bonds. The second kappa shape index (κ2) is 5.20. The Kier molecular flexibility index (Phi) is 4.40. The molecule has 0 saturated heterocycles. The summed E-state index contributed by atoms with van der Waals surface area (Å²) in [5.74, 6) is 0.454. The van der Waals surface area contributed by atoms with E-state index in [1.807, 2.05) is 13.0 Å². The largest absolute Gasteiger partial charge is 0.325 e. The van der Waals surface area contributed by atoms with Gasteiger partial charge in [0.15, 0.2) is 0 Å². The quantitative estimate of drug-likeness (QED) is 0.846. The molecule has 0 bridgehead atoms. The summed E-state index contributed by atoms with van der Waals surface area (Å²) in [5, 5.41) is 0.837. The van der Waals surface area contributed by atoms with Crippen LogP contribution in [0.5, 0.6) is 0 Å². The van der Waals surface area contributed by atoms with Crippen molar-refractivity contribution in [1.29, 1.82) is 0 Å². The van der Waals surface area contributed by atoms with E-state index < -0.39 is 0 Å². The van der Waals surface area contributed by atoms with E-state index in [9.17, 15) is 0 Å². The van der Waals surface area contributed by atoms with Crippen LogP contribution in [0.4, 0.5) is 0 Å². The first-order chi connectivity index (χ1) is 7.39. The molecule has 90 valence electrons. The monoisotopic (exact) mass is 239 g/mol. The maximum absolute atomic E-state index is 6.42. The molecule has 0 heterocycles. The first kappa shape index (κ1) is 13.5. The van der Waals surface area contributed by atoms with Gasteiger partial charge in [-0.15, -0.1) is 0 Å². The molecule has 1 atom stereocenters. The Hall–Kier alpha value is -0.530. The van der Waals surface area contributed by atoms with Gasteiger partial charge in [0, 0.05) is 10.6 Å². The van der Waals surface area contributed by atoms with Crippen LogP contribution in [0, 0.1) is 12.8 Å². The van der Waals surface area contributed by atoms with Crippen molar-refractivity contribution in [1.82, 2.24) is 0 Å². The van der Waals surface area contributed by atoms with Crippen LogP contribution in [0.3, 0.4) is 0 Å². The molecule has 1 aromatic carbocycles. The number of nitrogens with two attached hydrogens (primary N) is 1. The fourth-order valence-electron chi connectivity index (χ4n) is 1.89. The zero-order valence-corrected chi connectivity index (χ0v) is 11.4. The predicted molar refractivity (Wildman–Crippen MR) is 71.9 cm³/mol. The van der Waals surface area contributed by atoms with Crippen LogP contribution in [0.15, 0.2) is 18.2 Å². The molecule has 1 unspecified atom stereocenters. The van der Waals surface area contributed by atoms with Gasteiger partial charge in [0.25, 0.3) is 0 Å². The van der Waals surface area contributed by atoms with E-state index in [0.29, 0.717) is 5.92 Å². The average Bonchev–Trinajstić information content (AvgIpc) is 2.22. The molecular weight excluding hydrogens is 218 g/mol. The maximum atomic E-state index is 6.42. The highest BCUT2D eigenvalue weighted by Crippen LogP contribution is 2.27. The number of benzene rings is 1. The van der Waals surface area contributed by atoms with Crippen LogP contribution in [0.2, 0.25) is 5.02 Å². The normalized spacial score (nSPS) is 15.2. The van der Waals surface area contributed by atoms with E-state index in [4.69, 9.17) is 17.3 Å². The summed E-state index contributed by atoms with van der Waals surface area (Å²) < 4.78 is 0. The van der Waals surface area contributed by atoms with Crippen molar-refractivity contribution in [2.24, 2.45) is 11.7 Å². The number of halogens is 1. The number of rotatable bonds is 4. The van der Waals surface area contributed by atoms with Crippen molar-refractivity contribution >= 4 is 11.6 Å². The van der Waals surface area contributed by atoms with E-state index >= 15 is 0 Å². The molecule has 1 nitrogen and oxygen atoms in total. The van der Waals surface area contributed by atoms with Gasteiger partial charge in [0.05, 0.1) is 0 Å². The van der Waals surface area contributed by atoms with Gasteiger partial charge in [-0.05, 0) is 42.9 Å². The zero-order chi connectivity index (χ0) is 12.3. The smallest absolute Gasteiger partial charge is 0.0441 e. The first-order valence-electron chi connectivity index (χ1n) is 5.93. The minimum Gasteiger partial charge on any atom is -0.325 e. The molecule has 0 aliphatic carbocycles. The van der Waals surface area contributed by atoms with E-state index in [1.54, 1.807) is 0 Å². The summed E-state index contributed by atoms with van der Waals surface area (Å²) in [4.78, 5) is 0. The third-order valence-corrected chi connectivity index (χ3v) is 3.89. The Balaban J connectivity index is 2.95. The highest BCUT2D eigenvalue weighted by Gasteiger charge is 2.27. The van der Waals surface area contributed by atoms with Gasteiger partial charge in [-0.2, -0.15) is 0 Å². The molecule has 2 heteroatoms. The molecule has 1 aromatic rings. The van der Waals surface area contributed by atoms with Crippen LogP contribution < -0.4 is 5.73 Å². The highest BCUT2D eigenvalue weighted by molar-refractivity contribution is 6.31. The van der Waals surface area contributed by atoms with Crippen molar-refractivity contribution in [2.75, 3.05) is 0 Å². The Morgan fingerprint density at radius 3 is 2.44 bits per heavy atom. The van der Waals surface area contributed by atoms with E-state index in [0.717, 1.165) is 23.4 Å². The van der Waals surface area contributed by atoms with Crippen molar-refractivity contribution in [3.8, 4) is 0 Å². The number of hydrogen-bond donors (Lipinski definition) is 1. The van der Waals surface area contributed by atoms with E-state index in [-0.39, 0.29) is 5.54 Å². The lowest BCUT2D eigenvalue weighted by Crippen LogP contribution is -2.46. The average molecular weight is 240 g/mol. The van der Waals surface area contributed by atoms with E-state index in [1.165, 1.54) is 5.56 Å². The summed E-state index contributed by atoms with van der Waals surface area (Å²) >= 11 is 6.24. The minimum atomic E-state index is -0.154. The van der Waals surface area contributed by atoms with Gasteiger partial charge in [-0.1, -0.05) is 44.5 Å². The molecule has 0 aliphatic heterocycles. The third-order valence-electron chi connectivity index (χ3n) is 3.54. The Morgan fingerprint density at radius 2 is 2.00 bits per heavy atom. The van der Waals surface area contributed by atoms with Crippen LogP contribution in [0.1, 0.15) is 38.3 Å². The lowest BCUT2D eigenvalue weighted by atomic mass is 9.79. The summed E-state index contributed by atoms with van der Waals surface area (Å²) in [7, 11) is 0. The lowest BCUT2D eigenvalue weighted by Gasteiger charge is -2.33. The molecule has 1 rings (SSSR count). The Morgan fingerprint density at radius 1 is 1.38 bits per heavy atom. The van der Waals surface area contributed by atoms with Gasteiger partial charge in [0.2, 0.25) is 0 Å². The van der Waals surface area contributed by atoms with Crippen LogP contribution in [0.25, 0.3) is 0 Å². The minimum absolute atomic E-state index is 0.154. The predicted octanol–water partition coefficient (Wildman–Crippen LogP) is 3.95. The van der Waals surface area contributed by atoms with Crippen molar-refractivity contribution in [2.45, 2.75) is 46.1 Å². The van der Waals surface area contributed by atoms with Gasteiger partial charge < -0.3 is 5.73 Å². The molecule has 0 saturated carbocycles. The Labute approximate surface area is 104 Å². The molecule has 2 N–H and O–H groups in total. The number of hydrogen-bond acceptors (Lipinski definition) is 1. The summed E-state index contributed by atoms with van der Waals surface area (Å²) in [6, 6.07) is 6.20. The maximum Gasteiger partial charge on any atom is 0.0441 e. The lowest BCUT2D eigenvalue weighted by molar-refractivity contribution is 0.296. The topological polar surface area (TPSA) is 26.0 Å². The molecular formula is C14H22ClN. The van der Waals surface area contributed by atoms with Crippen molar-refractivity contribution in [3.05, 3.63) is 34.3 Å². The van der Waals surface area contributed by atoms with Crippen molar-refractivity contribution in [3.63, 3.8) is 0 Å². The zero-order valence-electron chi connectivity index (χ0n) is 10.7. The molecule has 0 spiro atoms. The van der Waals surface area contributed by atoms with Gasteiger partial charge >= 0.3 is 0 Å². The molecule has 0 fully saturated rings. The number of aryl methyl sites for hydroxylation is 1. The molecule has 0 aliphatic rings.